The molecule has 3 atom stereocenters. The van der Waals surface area contributed by atoms with Gasteiger partial charge in [-0.2, -0.15) is 5.10 Å². The van der Waals surface area contributed by atoms with E-state index in [1.165, 1.54) is 18.3 Å². The number of benzene rings is 1. The number of rotatable bonds is 11. The highest BCUT2D eigenvalue weighted by atomic mass is 19.1. The Morgan fingerprint density at radius 2 is 1.71 bits per heavy atom. The van der Waals surface area contributed by atoms with Crippen LogP contribution in [0.5, 0.6) is 0 Å². The third-order valence-electron chi connectivity index (χ3n) is 9.86. The van der Waals surface area contributed by atoms with Crippen molar-refractivity contribution in [1.82, 2.24) is 40.5 Å². The van der Waals surface area contributed by atoms with Crippen molar-refractivity contribution in [3.05, 3.63) is 58.9 Å². The van der Waals surface area contributed by atoms with Crippen LogP contribution in [0.15, 0.2) is 35.1 Å². The Morgan fingerprint density at radius 3 is 2.35 bits per heavy atom. The lowest BCUT2D eigenvalue weighted by molar-refractivity contribution is -0.135. The Morgan fingerprint density at radius 1 is 1.00 bits per heavy atom. The standard InChI is InChI=1S/C34H46FN9O5/c1-6-44-27(13-14-36-44)31(45)39-30(23-9-7-20(2)8-10-23)33(47)37-26-12-11-24(19-25(26)35)21(3)28(34(48)43-17-15-42(5)16-18-43)38-32(46)29-22(4)40-49-41-29/h11-14,19-21,23,28,30H,6-10,15-18H2,1-5H3,(H,37,47)(H,38,46)(H,39,45)/t20?,21-,23?,28+,30-/m0/s1. The van der Waals surface area contributed by atoms with E-state index in [4.69, 9.17) is 0 Å². The molecule has 15 heteroatoms. The van der Waals surface area contributed by atoms with Crippen LogP contribution in [0.4, 0.5) is 10.1 Å². The molecule has 2 aliphatic rings. The van der Waals surface area contributed by atoms with Gasteiger partial charge in [0.2, 0.25) is 11.8 Å². The van der Waals surface area contributed by atoms with Crippen LogP contribution in [0.1, 0.15) is 84.6 Å². The van der Waals surface area contributed by atoms with Gasteiger partial charge in [0.1, 0.15) is 29.3 Å². The van der Waals surface area contributed by atoms with Gasteiger partial charge in [-0.25, -0.2) is 9.02 Å². The van der Waals surface area contributed by atoms with Crippen LogP contribution in [0, 0.1) is 24.6 Å². The van der Waals surface area contributed by atoms with Gasteiger partial charge in [0.15, 0.2) is 5.69 Å². The number of aryl methyl sites for hydroxylation is 2. The second kappa shape index (κ2) is 15.7. The summed E-state index contributed by atoms with van der Waals surface area (Å²) < 4.78 is 22.0. The molecular weight excluding hydrogens is 633 g/mol. The number of piperazine rings is 1. The first-order chi connectivity index (χ1) is 23.5. The van der Waals surface area contributed by atoms with Crippen LogP contribution < -0.4 is 16.0 Å². The monoisotopic (exact) mass is 679 g/mol. The highest BCUT2D eigenvalue weighted by Crippen LogP contribution is 2.32. The van der Waals surface area contributed by atoms with Crippen LogP contribution >= 0.6 is 0 Å². The van der Waals surface area contributed by atoms with Crippen molar-refractivity contribution in [2.24, 2.45) is 11.8 Å². The zero-order chi connectivity index (χ0) is 35.2. The number of anilines is 1. The zero-order valence-electron chi connectivity index (χ0n) is 28.7. The van der Waals surface area contributed by atoms with Crippen LogP contribution in [-0.4, -0.2) is 98.8 Å². The SMILES string of the molecule is CCn1nccc1C(=O)N[C@H](C(=O)Nc1ccc([C@H](C)[C@@H](NC(=O)c2nonc2C)C(=O)N2CCN(C)CC2)cc1F)C1CCC(C)CC1. The molecule has 1 saturated heterocycles. The van der Waals surface area contributed by atoms with E-state index in [-0.39, 0.29) is 28.9 Å². The summed E-state index contributed by atoms with van der Waals surface area (Å²) in [5.41, 5.74) is 0.961. The Balaban J connectivity index is 1.35. The van der Waals surface area contributed by atoms with E-state index in [1.54, 1.807) is 35.6 Å². The summed E-state index contributed by atoms with van der Waals surface area (Å²) in [6, 6.07) is 4.00. The molecule has 0 unspecified atom stereocenters. The Hall–Kier alpha value is -4.66. The quantitative estimate of drug-likeness (QED) is 0.276. The number of hydrogen-bond donors (Lipinski definition) is 3. The second-order valence-corrected chi connectivity index (χ2v) is 13.3. The summed E-state index contributed by atoms with van der Waals surface area (Å²) in [6.45, 7) is 10.2. The average molecular weight is 680 g/mol. The van der Waals surface area contributed by atoms with Gasteiger partial charge in [-0.15, -0.1) is 0 Å². The van der Waals surface area contributed by atoms with Gasteiger partial charge in [0.05, 0.1) is 5.69 Å². The maximum absolute atomic E-state index is 15.8. The minimum Gasteiger partial charge on any atom is -0.339 e. The van der Waals surface area contributed by atoms with E-state index in [0.29, 0.717) is 49.9 Å². The number of hydrogen-bond acceptors (Lipinski definition) is 9. The molecule has 1 aliphatic carbocycles. The number of nitrogens with zero attached hydrogens (tertiary/aromatic N) is 6. The molecule has 1 aromatic carbocycles. The highest BCUT2D eigenvalue weighted by Gasteiger charge is 2.36. The van der Waals surface area contributed by atoms with Crippen LogP contribution in [0.25, 0.3) is 0 Å². The van der Waals surface area contributed by atoms with Crippen LogP contribution in [0.3, 0.4) is 0 Å². The molecule has 3 aromatic rings. The van der Waals surface area contributed by atoms with Crippen molar-refractivity contribution in [3.8, 4) is 0 Å². The number of aromatic nitrogens is 4. The lowest BCUT2D eigenvalue weighted by atomic mass is 9.79. The summed E-state index contributed by atoms with van der Waals surface area (Å²) in [5, 5.41) is 19.9. The van der Waals surface area contributed by atoms with Crippen LogP contribution in [-0.2, 0) is 16.1 Å². The van der Waals surface area contributed by atoms with Gasteiger partial charge < -0.3 is 25.8 Å². The molecule has 2 aromatic heterocycles. The number of carbonyl (C=O) groups is 4. The lowest BCUT2D eigenvalue weighted by Gasteiger charge is -2.36. The first kappa shape index (κ1) is 35.6. The zero-order valence-corrected chi connectivity index (χ0v) is 28.7. The summed E-state index contributed by atoms with van der Waals surface area (Å²) >= 11 is 0. The summed E-state index contributed by atoms with van der Waals surface area (Å²) in [6.07, 6.45) is 4.90. The first-order valence-electron chi connectivity index (χ1n) is 17.0. The molecule has 0 spiro atoms. The molecule has 0 bridgehead atoms. The van der Waals surface area contributed by atoms with Gasteiger partial charge in [0.25, 0.3) is 11.8 Å². The topological polar surface area (TPSA) is 168 Å². The highest BCUT2D eigenvalue weighted by molar-refractivity contribution is 6.01. The molecule has 1 saturated carbocycles. The van der Waals surface area contributed by atoms with E-state index >= 15 is 4.39 Å². The molecule has 3 heterocycles. The van der Waals surface area contributed by atoms with Crippen molar-refractivity contribution in [2.75, 3.05) is 38.5 Å². The van der Waals surface area contributed by atoms with Crippen molar-refractivity contribution in [3.63, 3.8) is 0 Å². The first-order valence-corrected chi connectivity index (χ1v) is 17.0. The fraction of sp³-hybridized carbons (Fsp3) is 0.559. The number of likely N-dealkylation sites (N-methyl/N-ethyl adjacent to an activating group) is 1. The van der Waals surface area contributed by atoms with E-state index in [9.17, 15) is 19.2 Å². The molecule has 49 heavy (non-hydrogen) atoms. The summed E-state index contributed by atoms with van der Waals surface area (Å²) in [5.74, 6) is -2.82. The molecule has 4 amide bonds. The van der Waals surface area contributed by atoms with Crippen molar-refractivity contribution < 1.29 is 28.2 Å². The van der Waals surface area contributed by atoms with Crippen molar-refractivity contribution in [2.45, 2.75) is 77.9 Å². The molecule has 3 N–H and O–H groups in total. The third-order valence-corrected chi connectivity index (χ3v) is 9.86. The van der Waals surface area contributed by atoms with E-state index in [2.05, 4.69) is 47.8 Å². The molecule has 0 radical (unpaired) electrons. The Bertz CT molecular complexity index is 1640. The molecule has 2 fully saturated rings. The average Bonchev–Trinajstić information content (AvgIpc) is 3.76. The largest absolute Gasteiger partial charge is 0.339 e. The Labute approximate surface area is 285 Å². The molecule has 264 valence electrons. The van der Waals surface area contributed by atoms with Crippen molar-refractivity contribution >= 4 is 29.3 Å². The van der Waals surface area contributed by atoms with Gasteiger partial charge in [0, 0.05) is 44.8 Å². The summed E-state index contributed by atoms with van der Waals surface area (Å²) in [4.78, 5) is 57.8. The van der Waals surface area contributed by atoms with E-state index in [1.807, 2.05) is 14.0 Å². The minimum atomic E-state index is -1.04. The molecule has 1 aliphatic heterocycles. The molecule has 14 nitrogen and oxygen atoms in total. The Kier molecular flexibility index (Phi) is 11.4. The maximum atomic E-state index is 15.8. The van der Waals surface area contributed by atoms with Gasteiger partial charge in [-0.1, -0.05) is 37.9 Å². The minimum absolute atomic E-state index is 0.0409. The predicted molar refractivity (Wildman–Crippen MR) is 178 cm³/mol. The number of nitrogens with one attached hydrogen (secondary N) is 3. The van der Waals surface area contributed by atoms with E-state index < -0.39 is 41.5 Å². The normalized spacial score (nSPS) is 20.2. The van der Waals surface area contributed by atoms with Crippen molar-refractivity contribution in [1.29, 1.82) is 0 Å². The number of carbonyl (C=O) groups excluding carboxylic acids is 4. The molecule has 5 rings (SSSR count). The fourth-order valence-corrected chi connectivity index (χ4v) is 6.60. The fourth-order valence-electron chi connectivity index (χ4n) is 6.60. The second-order valence-electron chi connectivity index (χ2n) is 13.3. The van der Waals surface area contributed by atoms with Gasteiger partial charge >= 0.3 is 0 Å². The third kappa shape index (κ3) is 8.32. The number of amides is 4. The van der Waals surface area contributed by atoms with Gasteiger partial charge in [-0.3, -0.25) is 23.9 Å². The molecular formula is C34H46FN9O5. The van der Waals surface area contributed by atoms with E-state index in [0.717, 1.165) is 25.7 Å². The smallest absolute Gasteiger partial charge is 0.276 e. The number of halogens is 1. The summed E-state index contributed by atoms with van der Waals surface area (Å²) in [7, 11) is 1.97. The predicted octanol–water partition coefficient (Wildman–Crippen LogP) is 2.97. The van der Waals surface area contributed by atoms with Crippen LogP contribution in [0.2, 0.25) is 0 Å². The lowest BCUT2D eigenvalue weighted by Crippen LogP contribution is -2.55. The van der Waals surface area contributed by atoms with Gasteiger partial charge in [-0.05, 0) is 74.5 Å². The maximum Gasteiger partial charge on any atom is 0.276 e.